The fraction of sp³-hybridized carbons (Fsp3) is 0.500. The van der Waals surface area contributed by atoms with Crippen LogP contribution in [0.15, 0.2) is 27.5 Å². The summed E-state index contributed by atoms with van der Waals surface area (Å²) in [6.45, 7) is 4.32. The van der Waals surface area contributed by atoms with Crippen LogP contribution in [0.5, 0.6) is 0 Å². The van der Waals surface area contributed by atoms with Crippen molar-refractivity contribution in [2.24, 2.45) is 5.92 Å². The Morgan fingerprint density at radius 3 is 2.95 bits per heavy atom. The van der Waals surface area contributed by atoms with Crippen LogP contribution >= 0.6 is 0 Å². The third kappa shape index (κ3) is 3.30. The molecular formula is C14H19N5O2. The molecule has 7 heteroatoms. The fourth-order valence-electron chi connectivity index (χ4n) is 2.69. The van der Waals surface area contributed by atoms with Gasteiger partial charge in [0.25, 0.3) is 0 Å². The number of nitrogens with zero attached hydrogens (tertiary/aromatic N) is 2. The second-order valence-corrected chi connectivity index (χ2v) is 5.37. The number of nitrogens with one attached hydrogen (secondary N) is 3. The molecule has 1 atom stereocenters. The van der Waals surface area contributed by atoms with E-state index in [0.717, 1.165) is 24.5 Å². The van der Waals surface area contributed by atoms with Gasteiger partial charge in [0.2, 0.25) is 5.89 Å². The summed E-state index contributed by atoms with van der Waals surface area (Å²) in [6, 6.07) is 3.96. The molecule has 21 heavy (non-hydrogen) atoms. The van der Waals surface area contributed by atoms with Gasteiger partial charge in [0.05, 0.1) is 0 Å². The monoisotopic (exact) mass is 289 g/mol. The van der Waals surface area contributed by atoms with Gasteiger partial charge < -0.3 is 15.1 Å². The number of rotatable bonds is 4. The van der Waals surface area contributed by atoms with Crippen LogP contribution in [0.1, 0.15) is 19.8 Å². The van der Waals surface area contributed by atoms with Crippen molar-refractivity contribution in [2.45, 2.75) is 25.8 Å². The van der Waals surface area contributed by atoms with Gasteiger partial charge in [-0.2, -0.15) is 0 Å². The summed E-state index contributed by atoms with van der Waals surface area (Å²) in [4.78, 5) is 15.3. The number of aromatic amines is 1. The Balaban J connectivity index is 1.72. The van der Waals surface area contributed by atoms with Crippen LogP contribution in [0.4, 0.5) is 5.82 Å². The van der Waals surface area contributed by atoms with Gasteiger partial charge in [-0.1, -0.05) is 0 Å². The average molecular weight is 289 g/mol. The Morgan fingerprint density at radius 1 is 1.43 bits per heavy atom. The van der Waals surface area contributed by atoms with Crippen LogP contribution in [-0.4, -0.2) is 34.3 Å². The number of aromatic nitrogens is 3. The number of anilines is 1. The molecule has 0 amide bonds. The molecule has 0 saturated carbocycles. The number of hydrogen-bond donors (Lipinski definition) is 3. The van der Waals surface area contributed by atoms with Gasteiger partial charge in [-0.3, -0.25) is 0 Å². The highest BCUT2D eigenvalue weighted by Gasteiger charge is 2.20. The lowest BCUT2D eigenvalue weighted by molar-refractivity contribution is 0.342. The Bertz CT molecular complexity index is 645. The van der Waals surface area contributed by atoms with Crippen molar-refractivity contribution in [1.29, 1.82) is 0 Å². The third-order valence-corrected chi connectivity index (χ3v) is 3.91. The van der Waals surface area contributed by atoms with Gasteiger partial charge in [-0.25, -0.2) is 14.9 Å². The molecule has 0 spiro atoms. The summed E-state index contributed by atoms with van der Waals surface area (Å²) in [6.07, 6.45) is 4.02. The minimum absolute atomic E-state index is 0.278. The number of hydrogen-bond acceptors (Lipinski definition) is 6. The molecule has 1 aliphatic rings. The van der Waals surface area contributed by atoms with E-state index in [1.165, 1.54) is 12.8 Å². The minimum Gasteiger partial charge on any atom is -0.388 e. The summed E-state index contributed by atoms with van der Waals surface area (Å²) in [5, 5.41) is 12.9. The molecule has 3 N–H and O–H groups in total. The van der Waals surface area contributed by atoms with Crippen LogP contribution in [-0.2, 0) is 0 Å². The smallest absolute Gasteiger partial charge is 0.388 e. The molecule has 7 nitrogen and oxygen atoms in total. The first-order chi connectivity index (χ1) is 10.2. The van der Waals surface area contributed by atoms with E-state index in [0.29, 0.717) is 12.0 Å². The zero-order valence-corrected chi connectivity index (χ0v) is 11.9. The molecule has 0 aliphatic carbocycles. The lowest BCUT2D eigenvalue weighted by Crippen LogP contribution is -2.36. The van der Waals surface area contributed by atoms with E-state index >= 15 is 0 Å². The van der Waals surface area contributed by atoms with Gasteiger partial charge >= 0.3 is 5.76 Å². The average Bonchev–Trinajstić information content (AvgIpc) is 2.95. The van der Waals surface area contributed by atoms with Crippen molar-refractivity contribution in [2.75, 3.05) is 18.4 Å². The molecule has 2 aromatic heterocycles. The predicted octanol–water partition coefficient (Wildman–Crippen LogP) is 1.22. The molecule has 0 aromatic carbocycles. The molecule has 2 aromatic rings. The summed E-state index contributed by atoms with van der Waals surface area (Å²) < 4.78 is 4.96. The van der Waals surface area contributed by atoms with Gasteiger partial charge in [-0.15, -0.1) is 5.10 Å². The van der Waals surface area contributed by atoms with Crippen LogP contribution in [0.2, 0.25) is 0 Å². The first-order valence-corrected chi connectivity index (χ1v) is 7.21. The molecule has 1 saturated heterocycles. The predicted molar refractivity (Wildman–Crippen MR) is 79.0 cm³/mol. The first kappa shape index (κ1) is 13.8. The highest BCUT2D eigenvalue weighted by Crippen LogP contribution is 2.22. The number of piperidine rings is 1. The van der Waals surface area contributed by atoms with E-state index in [1.54, 1.807) is 12.3 Å². The van der Waals surface area contributed by atoms with Crippen molar-refractivity contribution in [3.05, 3.63) is 28.9 Å². The fourth-order valence-corrected chi connectivity index (χ4v) is 2.69. The minimum atomic E-state index is -0.556. The molecule has 3 rings (SSSR count). The molecular weight excluding hydrogens is 270 g/mol. The van der Waals surface area contributed by atoms with Crippen molar-refractivity contribution < 1.29 is 4.42 Å². The molecule has 1 fully saturated rings. The van der Waals surface area contributed by atoms with E-state index in [-0.39, 0.29) is 5.89 Å². The zero-order chi connectivity index (χ0) is 14.7. The van der Waals surface area contributed by atoms with Gasteiger partial charge in [0.15, 0.2) is 0 Å². The van der Waals surface area contributed by atoms with Gasteiger partial charge in [-0.05, 0) is 50.9 Å². The lowest BCUT2D eigenvalue weighted by Gasteiger charge is -2.29. The largest absolute Gasteiger partial charge is 0.434 e. The highest BCUT2D eigenvalue weighted by molar-refractivity contribution is 5.57. The number of H-pyrrole nitrogens is 1. The van der Waals surface area contributed by atoms with E-state index in [1.807, 2.05) is 6.07 Å². The molecule has 0 unspecified atom stereocenters. The van der Waals surface area contributed by atoms with Crippen LogP contribution < -0.4 is 16.4 Å². The summed E-state index contributed by atoms with van der Waals surface area (Å²) in [5.41, 5.74) is 0.725. The molecule has 0 radical (unpaired) electrons. The standard InChI is InChI=1S/C14H19N5O2/c1-9(10-2-5-15-6-3-10)17-12-8-11(4-7-16-12)13-18-19-14(20)21-13/h4,7-10,15H,2-3,5-6H2,1H3,(H,16,17)(H,19,20)/t9-/m0/s1. The molecule has 112 valence electrons. The van der Waals surface area contributed by atoms with Crippen LogP contribution in [0.3, 0.4) is 0 Å². The lowest BCUT2D eigenvalue weighted by atomic mass is 9.91. The van der Waals surface area contributed by atoms with Crippen molar-refractivity contribution in [3.8, 4) is 11.5 Å². The van der Waals surface area contributed by atoms with Crippen LogP contribution in [0, 0.1) is 5.92 Å². The SMILES string of the molecule is C[C@H](Nc1cc(-c2n[nH]c(=O)o2)ccn1)C1CCNCC1. The maximum absolute atomic E-state index is 11.0. The molecule has 1 aliphatic heterocycles. The Morgan fingerprint density at radius 2 is 2.24 bits per heavy atom. The van der Waals surface area contributed by atoms with Crippen molar-refractivity contribution in [3.63, 3.8) is 0 Å². The number of pyridine rings is 1. The summed E-state index contributed by atoms with van der Waals surface area (Å²) >= 11 is 0. The van der Waals surface area contributed by atoms with Gasteiger partial charge in [0, 0.05) is 17.8 Å². The second kappa shape index (κ2) is 6.09. The Kier molecular flexibility index (Phi) is 4.01. The maximum Gasteiger partial charge on any atom is 0.434 e. The first-order valence-electron chi connectivity index (χ1n) is 7.21. The Labute approximate surface area is 122 Å². The zero-order valence-electron chi connectivity index (χ0n) is 11.9. The summed E-state index contributed by atoms with van der Waals surface area (Å²) in [7, 11) is 0. The van der Waals surface area contributed by atoms with E-state index < -0.39 is 5.76 Å². The Hall–Kier alpha value is -2.15. The van der Waals surface area contributed by atoms with E-state index in [9.17, 15) is 4.79 Å². The second-order valence-electron chi connectivity index (χ2n) is 5.37. The maximum atomic E-state index is 11.0. The van der Waals surface area contributed by atoms with E-state index in [4.69, 9.17) is 4.42 Å². The normalized spacial score (nSPS) is 17.6. The molecule has 3 heterocycles. The van der Waals surface area contributed by atoms with Gasteiger partial charge in [0.1, 0.15) is 5.82 Å². The van der Waals surface area contributed by atoms with Crippen LogP contribution in [0.25, 0.3) is 11.5 Å². The quantitative estimate of drug-likeness (QED) is 0.783. The third-order valence-electron chi connectivity index (χ3n) is 3.91. The van der Waals surface area contributed by atoms with Crippen molar-refractivity contribution in [1.82, 2.24) is 20.5 Å². The molecule has 0 bridgehead atoms. The topological polar surface area (TPSA) is 95.8 Å². The van der Waals surface area contributed by atoms with E-state index in [2.05, 4.69) is 32.7 Å². The summed E-state index contributed by atoms with van der Waals surface area (Å²) in [5.74, 6) is 1.13. The van der Waals surface area contributed by atoms with Crippen molar-refractivity contribution >= 4 is 5.82 Å². The highest BCUT2D eigenvalue weighted by atomic mass is 16.4.